The zero-order chi connectivity index (χ0) is 17.7. The van der Waals surface area contributed by atoms with E-state index >= 15 is 0 Å². The topological polar surface area (TPSA) is 64.6 Å². The molecule has 0 unspecified atom stereocenters. The molecular weight excluding hydrogens is 395 g/mol. The summed E-state index contributed by atoms with van der Waals surface area (Å²) in [7, 11) is -4.65. The van der Waals surface area contributed by atoms with Crippen molar-refractivity contribution in [3.8, 4) is 0 Å². The maximum absolute atomic E-state index is 14.7. The van der Waals surface area contributed by atoms with E-state index < -0.39 is 18.8 Å². The van der Waals surface area contributed by atoms with Gasteiger partial charge in [0, 0.05) is 23.5 Å². The Morgan fingerprint density at radius 3 is 2.30 bits per heavy atom. The second kappa shape index (κ2) is 8.33. The van der Waals surface area contributed by atoms with E-state index in [0.717, 1.165) is 6.07 Å². The fraction of sp³-hybridized carbons (Fsp3) is 0.500. The minimum atomic E-state index is -4.65. The summed E-state index contributed by atoms with van der Waals surface area (Å²) >= 11 is 3.06. The molecule has 9 heteroatoms. The Labute approximate surface area is 142 Å². The van der Waals surface area contributed by atoms with E-state index in [9.17, 15) is 18.1 Å². The predicted molar refractivity (Wildman–Crippen MR) is 86.4 cm³/mol. The first-order valence-corrected chi connectivity index (χ1v) is 9.31. The molecule has 23 heavy (non-hydrogen) atoms. The number of halogens is 3. The fourth-order valence-electron chi connectivity index (χ4n) is 1.83. The first-order chi connectivity index (χ1) is 10.7. The molecule has 130 valence electrons. The molecule has 1 aromatic carbocycles. The molecule has 0 aliphatic carbocycles. The van der Waals surface area contributed by atoms with E-state index in [-0.39, 0.29) is 30.1 Å². The Morgan fingerprint density at radius 1 is 1.30 bits per heavy atom. The fourth-order valence-corrected chi connectivity index (χ4v) is 4.22. The highest BCUT2D eigenvalue weighted by Gasteiger charge is 2.55. The summed E-state index contributed by atoms with van der Waals surface area (Å²) < 4.78 is 51.3. The molecule has 1 aromatic rings. The number of hydrogen-bond donors (Lipinski definition) is 1. The van der Waals surface area contributed by atoms with Crippen molar-refractivity contribution in [2.24, 2.45) is 0 Å². The van der Waals surface area contributed by atoms with Crippen molar-refractivity contribution in [2.45, 2.75) is 33.0 Å². The van der Waals surface area contributed by atoms with E-state index in [2.05, 4.69) is 21.2 Å². The van der Waals surface area contributed by atoms with Gasteiger partial charge in [-0.05, 0) is 25.5 Å². The van der Waals surface area contributed by atoms with Gasteiger partial charge in [-0.25, -0.2) is 0 Å². The second-order valence-corrected chi connectivity index (χ2v) is 7.53. The van der Waals surface area contributed by atoms with Crippen LogP contribution in [0.2, 0.25) is 0 Å². The molecular formula is C14H19BrF2NO4P. The molecule has 0 aliphatic heterocycles. The van der Waals surface area contributed by atoms with Crippen molar-refractivity contribution < 1.29 is 27.2 Å². The largest absolute Gasteiger partial charge is 0.404 e. The highest BCUT2D eigenvalue weighted by molar-refractivity contribution is 9.10. The number of carbonyl (C=O) groups is 1. The molecule has 0 aromatic heterocycles. The van der Waals surface area contributed by atoms with Crippen LogP contribution in [-0.2, 0) is 30.6 Å². The lowest BCUT2D eigenvalue weighted by atomic mass is 10.1. The molecule has 0 aliphatic rings. The van der Waals surface area contributed by atoms with Gasteiger partial charge in [0.2, 0.25) is 5.91 Å². The van der Waals surface area contributed by atoms with Crippen LogP contribution in [-0.4, -0.2) is 19.1 Å². The summed E-state index contributed by atoms with van der Waals surface area (Å²) in [6.07, 6.45) is 0. The highest BCUT2D eigenvalue weighted by Crippen LogP contribution is 2.67. The molecule has 5 nitrogen and oxygen atoms in total. The van der Waals surface area contributed by atoms with Crippen molar-refractivity contribution in [2.75, 3.05) is 13.2 Å². The summed E-state index contributed by atoms with van der Waals surface area (Å²) in [5.41, 5.74) is -3.67. The second-order valence-electron chi connectivity index (χ2n) is 4.60. The van der Waals surface area contributed by atoms with Gasteiger partial charge >= 0.3 is 13.3 Å². The zero-order valence-electron chi connectivity index (χ0n) is 13.1. The molecule has 0 fully saturated rings. The lowest BCUT2D eigenvalue weighted by molar-refractivity contribution is -0.119. The number of benzene rings is 1. The quantitative estimate of drug-likeness (QED) is 0.641. The van der Waals surface area contributed by atoms with Gasteiger partial charge in [0.25, 0.3) is 0 Å². The monoisotopic (exact) mass is 413 g/mol. The Kier molecular flexibility index (Phi) is 7.32. The Bertz CT molecular complexity index is 602. The van der Waals surface area contributed by atoms with E-state index in [0.29, 0.717) is 5.56 Å². The molecule has 0 atom stereocenters. The summed E-state index contributed by atoms with van der Waals surface area (Å²) in [6, 6.07) is 4.00. The van der Waals surface area contributed by atoms with Gasteiger partial charge in [-0.15, -0.1) is 0 Å². The average molecular weight is 414 g/mol. The van der Waals surface area contributed by atoms with E-state index in [1.54, 1.807) is 0 Å². The van der Waals surface area contributed by atoms with E-state index in [1.165, 1.54) is 32.9 Å². The van der Waals surface area contributed by atoms with Crippen molar-refractivity contribution >= 4 is 29.4 Å². The van der Waals surface area contributed by atoms with Gasteiger partial charge in [-0.3, -0.25) is 9.36 Å². The molecule has 0 saturated heterocycles. The maximum Gasteiger partial charge on any atom is 0.404 e. The minimum absolute atomic E-state index is 0.0602. The lowest BCUT2D eigenvalue weighted by Gasteiger charge is -2.26. The summed E-state index contributed by atoms with van der Waals surface area (Å²) in [4.78, 5) is 10.9. The van der Waals surface area contributed by atoms with Gasteiger partial charge in [0.15, 0.2) is 0 Å². The Morgan fingerprint density at radius 2 is 1.87 bits per heavy atom. The Balaban J connectivity index is 3.16. The molecule has 0 bridgehead atoms. The van der Waals surface area contributed by atoms with Crippen LogP contribution in [0.25, 0.3) is 0 Å². The van der Waals surface area contributed by atoms with Crippen LogP contribution in [0.3, 0.4) is 0 Å². The van der Waals surface area contributed by atoms with Crippen LogP contribution in [0, 0.1) is 0 Å². The third-order valence-corrected chi connectivity index (χ3v) is 5.62. The number of hydrogen-bond acceptors (Lipinski definition) is 4. The lowest BCUT2D eigenvalue weighted by Crippen LogP contribution is -2.20. The molecule has 1 N–H and O–H groups in total. The van der Waals surface area contributed by atoms with Gasteiger partial charge in [0.1, 0.15) is 0 Å². The molecule has 1 rings (SSSR count). The van der Waals surface area contributed by atoms with Crippen LogP contribution >= 0.6 is 23.5 Å². The zero-order valence-corrected chi connectivity index (χ0v) is 15.5. The van der Waals surface area contributed by atoms with Crippen LogP contribution in [0.5, 0.6) is 0 Å². The molecule has 0 spiro atoms. The van der Waals surface area contributed by atoms with Crippen molar-refractivity contribution in [3.63, 3.8) is 0 Å². The van der Waals surface area contributed by atoms with E-state index in [1.807, 2.05) is 0 Å². The maximum atomic E-state index is 14.7. The third kappa shape index (κ3) is 4.83. The first kappa shape index (κ1) is 20.2. The first-order valence-electron chi connectivity index (χ1n) is 6.98. The molecule has 1 amide bonds. The van der Waals surface area contributed by atoms with Crippen LogP contribution < -0.4 is 5.32 Å². The van der Waals surface area contributed by atoms with Gasteiger partial charge in [-0.1, -0.05) is 28.1 Å². The Hall–Kier alpha value is -0.820. The number of carbonyl (C=O) groups excluding carboxylic acids is 1. The SMILES string of the molecule is CCOP(=O)(OCC)C(F)(F)c1ccc(CNC(C)=O)cc1Br. The van der Waals surface area contributed by atoms with Crippen molar-refractivity contribution in [1.82, 2.24) is 5.32 Å². The van der Waals surface area contributed by atoms with Gasteiger partial charge in [-0.2, -0.15) is 8.78 Å². The van der Waals surface area contributed by atoms with Crippen molar-refractivity contribution in [3.05, 3.63) is 33.8 Å². The summed E-state index contributed by atoms with van der Waals surface area (Å²) in [5.74, 6) is -0.229. The molecule has 0 heterocycles. The van der Waals surface area contributed by atoms with Crippen molar-refractivity contribution in [1.29, 1.82) is 0 Å². The van der Waals surface area contributed by atoms with Crippen LogP contribution in [0.1, 0.15) is 31.9 Å². The van der Waals surface area contributed by atoms with Gasteiger partial charge < -0.3 is 14.4 Å². The number of nitrogens with one attached hydrogen (secondary N) is 1. The average Bonchev–Trinajstić information content (AvgIpc) is 2.45. The van der Waals surface area contributed by atoms with Crippen LogP contribution in [0.15, 0.2) is 22.7 Å². The predicted octanol–water partition coefficient (Wildman–Crippen LogP) is 4.40. The minimum Gasteiger partial charge on any atom is -0.352 e. The normalized spacial score (nSPS) is 12.3. The number of amides is 1. The highest BCUT2D eigenvalue weighted by atomic mass is 79.9. The number of rotatable bonds is 8. The summed E-state index contributed by atoms with van der Waals surface area (Å²) in [5, 5.41) is 2.57. The molecule has 0 radical (unpaired) electrons. The van der Waals surface area contributed by atoms with E-state index in [4.69, 9.17) is 9.05 Å². The third-order valence-electron chi connectivity index (χ3n) is 2.84. The van der Waals surface area contributed by atoms with Crippen LogP contribution in [0.4, 0.5) is 8.78 Å². The standard InChI is InChI=1S/C14H19BrF2NO4P/c1-4-21-23(20,22-5-2)14(16,17)12-7-6-11(8-13(12)15)9-18-10(3)19/h6-8H,4-5,9H2,1-3H3,(H,18,19). The smallest absolute Gasteiger partial charge is 0.352 e. The summed E-state index contributed by atoms with van der Waals surface area (Å²) in [6.45, 7) is 4.17. The van der Waals surface area contributed by atoms with Gasteiger partial charge in [0.05, 0.1) is 13.2 Å². The number of alkyl halides is 2. The molecule has 0 saturated carbocycles.